The molecule has 0 heterocycles. The second-order valence-electron chi connectivity index (χ2n) is 5.08. The van der Waals surface area contributed by atoms with Crippen molar-refractivity contribution in [2.45, 2.75) is 31.9 Å². The molecule has 0 saturated heterocycles. The molecule has 1 unspecified atom stereocenters. The van der Waals surface area contributed by atoms with Crippen LogP contribution in [0.4, 0.5) is 10.1 Å². The topological polar surface area (TPSA) is 52.5 Å². The van der Waals surface area contributed by atoms with Gasteiger partial charge in [-0.15, -0.1) is 0 Å². The van der Waals surface area contributed by atoms with E-state index in [-0.39, 0.29) is 11.6 Å². The third kappa shape index (κ3) is 5.44. The van der Waals surface area contributed by atoms with E-state index in [1.54, 1.807) is 36.4 Å². The molecule has 2 aromatic carbocycles. The van der Waals surface area contributed by atoms with Gasteiger partial charge in [-0.25, -0.2) is 4.39 Å². The number of phenols is 1. The average Bonchev–Trinajstić information content (AvgIpc) is 2.48. The molecule has 0 aliphatic heterocycles. The summed E-state index contributed by atoms with van der Waals surface area (Å²) in [6, 6.07) is 13.1. The summed E-state index contributed by atoms with van der Waals surface area (Å²) < 4.78 is 12.8. The molecule has 4 heteroatoms. The fraction of sp³-hybridized carbons (Fsp3) is 0.294. The van der Waals surface area contributed by atoms with Crippen LogP contribution in [0.5, 0.6) is 5.75 Å². The molecule has 3 nitrogen and oxygen atoms in total. The summed E-state index contributed by atoms with van der Waals surface area (Å²) in [6.07, 6.45) is 2.74. The molecule has 0 spiro atoms. The molecule has 0 radical (unpaired) electrons. The minimum atomic E-state index is -0.609. The molecule has 0 fully saturated rings. The van der Waals surface area contributed by atoms with Crippen molar-refractivity contribution < 1.29 is 14.6 Å². The number of hydrogen-bond donors (Lipinski definition) is 3. The minimum absolute atomic E-state index is 0.203. The molecule has 0 bridgehead atoms. The second kappa shape index (κ2) is 7.64. The Hall–Kier alpha value is -2.07. The SMILES string of the molecule is Oc1ccc(NC(O)CCCCc2ccc(F)cc2)cc1. The van der Waals surface area contributed by atoms with Crippen molar-refractivity contribution in [2.24, 2.45) is 0 Å². The Kier molecular flexibility index (Phi) is 5.58. The number of aryl methyl sites for hydroxylation is 1. The Balaban J connectivity index is 1.66. The summed E-state index contributed by atoms with van der Waals surface area (Å²) in [5.74, 6) is -0.0124. The van der Waals surface area contributed by atoms with Gasteiger partial charge < -0.3 is 15.5 Å². The number of aromatic hydroxyl groups is 1. The van der Waals surface area contributed by atoms with E-state index in [2.05, 4.69) is 5.32 Å². The van der Waals surface area contributed by atoms with Gasteiger partial charge in [-0.3, -0.25) is 0 Å². The van der Waals surface area contributed by atoms with Gasteiger partial charge in [-0.1, -0.05) is 12.1 Å². The molecule has 0 aromatic heterocycles. The Labute approximate surface area is 124 Å². The van der Waals surface area contributed by atoms with Crippen molar-refractivity contribution in [3.63, 3.8) is 0 Å². The molecular weight excluding hydrogens is 269 g/mol. The van der Waals surface area contributed by atoms with Crippen molar-refractivity contribution in [3.8, 4) is 5.75 Å². The van der Waals surface area contributed by atoms with E-state index in [0.29, 0.717) is 6.42 Å². The predicted octanol–water partition coefficient (Wildman–Crippen LogP) is 3.67. The van der Waals surface area contributed by atoms with E-state index in [1.165, 1.54) is 12.1 Å². The van der Waals surface area contributed by atoms with Crippen molar-refractivity contribution in [2.75, 3.05) is 5.32 Å². The fourth-order valence-electron chi connectivity index (χ4n) is 2.14. The van der Waals surface area contributed by atoms with Crippen LogP contribution < -0.4 is 5.32 Å². The average molecular weight is 289 g/mol. The minimum Gasteiger partial charge on any atom is -0.508 e. The van der Waals surface area contributed by atoms with Crippen LogP contribution in [0.25, 0.3) is 0 Å². The van der Waals surface area contributed by atoms with Crippen LogP contribution in [0, 0.1) is 5.82 Å². The maximum atomic E-state index is 12.8. The van der Waals surface area contributed by atoms with Gasteiger partial charge in [-0.05, 0) is 67.6 Å². The summed E-state index contributed by atoms with van der Waals surface area (Å²) in [4.78, 5) is 0. The summed E-state index contributed by atoms with van der Waals surface area (Å²) in [7, 11) is 0. The first-order valence-electron chi connectivity index (χ1n) is 7.11. The molecule has 112 valence electrons. The van der Waals surface area contributed by atoms with Crippen LogP contribution in [-0.4, -0.2) is 16.4 Å². The number of rotatable bonds is 7. The van der Waals surface area contributed by atoms with Crippen LogP contribution in [0.2, 0.25) is 0 Å². The monoisotopic (exact) mass is 289 g/mol. The van der Waals surface area contributed by atoms with Crippen LogP contribution in [-0.2, 0) is 6.42 Å². The number of hydrogen-bond acceptors (Lipinski definition) is 3. The summed E-state index contributed by atoms with van der Waals surface area (Å²) >= 11 is 0. The Bertz CT molecular complexity index is 540. The fourth-order valence-corrected chi connectivity index (χ4v) is 2.14. The lowest BCUT2D eigenvalue weighted by Crippen LogP contribution is -2.18. The van der Waals surface area contributed by atoms with Crippen molar-refractivity contribution in [1.82, 2.24) is 0 Å². The zero-order valence-corrected chi connectivity index (χ0v) is 11.8. The Morgan fingerprint density at radius 1 is 0.952 bits per heavy atom. The zero-order chi connectivity index (χ0) is 15.1. The van der Waals surface area contributed by atoms with Crippen molar-refractivity contribution >= 4 is 5.69 Å². The van der Waals surface area contributed by atoms with Gasteiger partial charge in [0.2, 0.25) is 0 Å². The van der Waals surface area contributed by atoms with E-state index < -0.39 is 6.23 Å². The number of aliphatic hydroxyl groups is 1. The highest BCUT2D eigenvalue weighted by molar-refractivity contribution is 5.46. The molecule has 21 heavy (non-hydrogen) atoms. The summed E-state index contributed by atoms with van der Waals surface area (Å²) in [5.41, 5.74) is 1.89. The number of benzene rings is 2. The van der Waals surface area contributed by atoms with Gasteiger partial charge in [0.15, 0.2) is 0 Å². The second-order valence-corrected chi connectivity index (χ2v) is 5.08. The molecular formula is C17H20FNO2. The normalized spacial score (nSPS) is 12.1. The van der Waals surface area contributed by atoms with Crippen LogP contribution in [0.3, 0.4) is 0 Å². The van der Waals surface area contributed by atoms with Crippen LogP contribution in [0.15, 0.2) is 48.5 Å². The van der Waals surface area contributed by atoms with E-state index >= 15 is 0 Å². The van der Waals surface area contributed by atoms with Crippen molar-refractivity contribution in [3.05, 3.63) is 59.9 Å². The number of unbranched alkanes of at least 4 members (excludes halogenated alkanes) is 1. The van der Waals surface area contributed by atoms with E-state index in [4.69, 9.17) is 0 Å². The lowest BCUT2D eigenvalue weighted by atomic mass is 10.1. The van der Waals surface area contributed by atoms with Crippen molar-refractivity contribution in [1.29, 1.82) is 0 Å². The summed E-state index contributed by atoms with van der Waals surface area (Å²) in [6.45, 7) is 0. The number of phenolic OH excluding ortho intramolecular Hbond substituents is 1. The highest BCUT2D eigenvalue weighted by atomic mass is 19.1. The third-order valence-electron chi connectivity index (χ3n) is 3.31. The van der Waals surface area contributed by atoms with Gasteiger partial charge in [-0.2, -0.15) is 0 Å². The standard InChI is InChI=1S/C17H20FNO2/c18-14-7-5-13(6-8-14)3-1-2-4-17(21)19-15-9-11-16(20)12-10-15/h5-12,17,19-21H,1-4H2. The Morgan fingerprint density at radius 3 is 2.29 bits per heavy atom. The number of nitrogens with one attached hydrogen (secondary N) is 1. The largest absolute Gasteiger partial charge is 0.508 e. The molecule has 0 amide bonds. The molecule has 2 rings (SSSR count). The van der Waals surface area contributed by atoms with E-state index in [9.17, 15) is 14.6 Å². The molecule has 0 aliphatic carbocycles. The quantitative estimate of drug-likeness (QED) is 0.414. The first-order valence-corrected chi connectivity index (χ1v) is 7.11. The highest BCUT2D eigenvalue weighted by Crippen LogP contribution is 2.16. The van der Waals surface area contributed by atoms with Gasteiger partial charge in [0.1, 0.15) is 17.8 Å². The number of anilines is 1. The molecule has 1 atom stereocenters. The smallest absolute Gasteiger partial charge is 0.124 e. The van der Waals surface area contributed by atoms with Gasteiger partial charge in [0, 0.05) is 5.69 Å². The van der Waals surface area contributed by atoms with Gasteiger partial charge >= 0.3 is 0 Å². The highest BCUT2D eigenvalue weighted by Gasteiger charge is 2.04. The molecule has 0 aliphatic rings. The van der Waals surface area contributed by atoms with Crippen LogP contribution >= 0.6 is 0 Å². The molecule has 2 aromatic rings. The van der Waals surface area contributed by atoms with Crippen LogP contribution in [0.1, 0.15) is 24.8 Å². The third-order valence-corrected chi connectivity index (χ3v) is 3.31. The lowest BCUT2D eigenvalue weighted by molar-refractivity contribution is 0.189. The maximum Gasteiger partial charge on any atom is 0.124 e. The van der Waals surface area contributed by atoms with Gasteiger partial charge in [0.25, 0.3) is 0 Å². The first-order chi connectivity index (χ1) is 10.1. The zero-order valence-electron chi connectivity index (χ0n) is 11.8. The van der Waals surface area contributed by atoms with Gasteiger partial charge in [0.05, 0.1) is 0 Å². The lowest BCUT2D eigenvalue weighted by Gasteiger charge is -2.14. The van der Waals surface area contributed by atoms with E-state index in [0.717, 1.165) is 30.5 Å². The number of halogens is 1. The predicted molar refractivity (Wildman–Crippen MR) is 81.7 cm³/mol. The first kappa shape index (κ1) is 15.3. The molecule has 3 N–H and O–H groups in total. The summed E-state index contributed by atoms with van der Waals surface area (Å²) in [5, 5.41) is 22.0. The number of aliphatic hydroxyl groups excluding tert-OH is 1. The van der Waals surface area contributed by atoms with E-state index in [1.807, 2.05) is 0 Å². The molecule has 0 saturated carbocycles. The maximum absolute atomic E-state index is 12.8. The Morgan fingerprint density at radius 2 is 1.62 bits per heavy atom.